The molecule has 0 atom stereocenters. The van der Waals surface area contributed by atoms with Crippen molar-refractivity contribution in [3.8, 4) is 0 Å². The SMILES string of the molecule is Cc1ccn(Cc2cccnc2)c(=O)c1C(=O)N(C)Cc1nccn1Cc1ccccc1. The van der Waals surface area contributed by atoms with Crippen LogP contribution >= 0.6 is 0 Å². The average molecular weight is 428 g/mol. The molecule has 162 valence electrons. The van der Waals surface area contributed by atoms with Crippen LogP contribution in [-0.2, 0) is 19.6 Å². The maximum atomic E-state index is 13.3. The van der Waals surface area contributed by atoms with Crippen LogP contribution in [0.1, 0.15) is 32.9 Å². The highest BCUT2D eigenvalue weighted by atomic mass is 16.2. The van der Waals surface area contributed by atoms with Crippen molar-refractivity contribution in [1.82, 2.24) is 24.0 Å². The van der Waals surface area contributed by atoms with E-state index >= 15 is 0 Å². The van der Waals surface area contributed by atoms with Crippen molar-refractivity contribution in [1.29, 1.82) is 0 Å². The number of amides is 1. The van der Waals surface area contributed by atoms with Crippen molar-refractivity contribution in [2.45, 2.75) is 26.6 Å². The molecule has 0 radical (unpaired) electrons. The Labute approximate surface area is 186 Å². The third kappa shape index (κ3) is 4.67. The van der Waals surface area contributed by atoms with E-state index in [1.165, 1.54) is 0 Å². The highest BCUT2D eigenvalue weighted by molar-refractivity contribution is 5.95. The molecule has 4 rings (SSSR count). The molecule has 0 aliphatic heterocycles. The van der Waals surface area contributed by atoms with E-state index in [4.69, 9.17) is 0 Å². The van der Waals surface area contributed by atoms with Crippen LogP contribution in [0.4, 0.5) is 0 Å². The number of hydrogen-bond acceptors (Lipinski definition) is 4. The van der Waals surface area contributed by atoms with Crippen LogP contribution in [0.15, 0.2) is 84.3 Å². The van der Waals surface area contributed by atoms with Crippen LogP contribution in [0.5, 0.6) is 0 Å². The van der Waals surface area contributed by atoms with Gasteiger partial charge in [0.1, 0.15) is 11.4 Å². The predicted molar refractivity (Wildman–Crippen MR) is 122 cm³/mol. The molecule has 3 aromatic heterocycles. The molecule has 0 fully saturated rings. The van der Waals surface area contributed by atoms with E-state index in [-0.39, 0.29) is 17.0 Å². The summed E-state index contributed by atoms with van der Waals surface area (Å²) in [5, 5.41) is 0. The molecular formula is C25H25N5O2. The Balaban J connectivity index is 1.54. The Hall–Kier alpha value is -4.00. The number of imidazole rings is 1. The Morgan fingerprint density at radius 2 is 1.69 bits per heavy atom. The topological polar surface area (TPSA) is 73.0 Å². The summed E-state index contributed by atoms with van der Waals surface area (Å²) >= 11 is 0. The van der Waals surface area contributed by atoms with E-state index in [0.717, 1.165) is 17.0 Å². The number of carbonyl (C=O) groups is 1. The van der Waals surface area contributed by atoms with E-state index in [2.05, 4.69) is 22.1 Å². The Kier molecular flexibility index (Phi) is 6.26. The van der Waals surface area contributed by atoms with Crippen LogP contribution < -0.4 is 5.56 Å². The third-order valence-corrected chi connectivity index (χ3v) is 5.39. The largest absolute Gasteiger partial charge is 0.334 e. The van der Waals surface area contributed by atoms with Crippen LogP contribution in [0.25, 0.3) is 0 Å². The zero-order valence-electron chi connectivity index (χ0n) is 18.2. The quantitative estimate of drug-likeness (QED) is 0.454. The van der Waals surface area contributed by atoms with Gasteiger partial charge in [0, 0.05) is 44.6 Å². The molecule has 0 spiro atoms. The molecule has 0 saturated heterocycles. The molecule has 0 saturated carbocycles. The number of pyridine rings is 2. The number of hydrogen-bond donors (Lipinski definition) is 0. The summed E-state index contributed by atoms with van der Waals surface area (Å²) in [4.78, 5) is 36.4. The van der Waals surface area contributed by atoms with Crippen LogP contribution in [0.2, 0.25) is 0 Å². The van der Waals surface area contributed by atoms with Gasteiger partial charge in [-0.05, 0) is 35.7 Å². The van der Waals surface area contributed by atoms with Gasteiger partial charge in [-0.2, -0.15) is 0 Å². The maximum absolute atomic E-state index is 13.3. The fraction of sp³-hybridized carbons (Fsp3) is 0.200. The molecule has 0 aliphatic carbocycles. The fourth-order valence-electron chi connectivity index (χ4n) is 3.63. The first-order chi connectivity index (χ1) is 15.5. The van der Waals surface area contributed by atoms with Crippen molar-refractivity contribution < 1.29 is 4.79 Å². The minimum absolute atomic E-state index is 0.181. The molecule has 7 heteroatoms. The van der Waals surface area contributed by atoms with Crippen molar-refractivity contribution in [3.05, 3.63) is 118 Å². The number of rotatable bonds is 7. The van der Waals surface area contributed by atoms with Gasteiger partial charge < -0.3 is 14.0 Å². The highest BCUT2D eigenvalue weighted by Gasteiger charge is 2.21. The van der Waals surface area contributed by atoms with Gasteiger partial charge in [-0.1, -0.05) is 36.4 Å². The standard InChI is InChI=1S/C25H25N5O2/c1-19-10-13-30(17-21-9-6-11-26-15-21)25(32)23(19)24(31)28(2)18-22-27-12-14-29(22)16-20-7-4-3-5-8-20/h3-15H,16-18H2,1-2H3. The fourth-order valence-corrected chi connectivity index (χ4v) is 3.63. The Morgan fingerprint density at radius 3 is 2.44 bits per heavy atom. The maximum Gasteiger partial charge on any atom is 0.263 e. The summed E-state index contributed by atoms with van der Waals surface area (Å²) in [5.74, 6) is 0.441. The molecular weight excluding hydrogens is 402 g/mol. The van der Waals surface area contributed by atoms with E-state index in [1.54, 1.807) is 54.3 Å². The lowest BCUT2D eigenvalue weighted by molar-refractivity contribution is 0.0777. The second kappa shape index (κ2) is 9.43. The predicted octanol–water partition coefficient (Wildman–Crippen LogP) is 3.12. The van der Waals surface area contributed by atoms with Crippen molar-refractivity contribution in [3.63, 3.8) is 0 Å². The second-order valence-electron chi connectivity index (χ2n) is 7.79. The average Bonchev–Trinajstić information content (AvgIpc) is 3.23. The van der Waals surface area contributed by atoms with E-state index in [1.807, 2.05) is 41.1 Å². The zero-order chi connectivity index (χ0) is 22.5. The number of benzene rings is 1. The normalized spacial score (nSPS) is 10.8. The smallest absolute Gasteiger partial charge is 0.263 e. The van der Waals surface area contributed by atoms with Gasteiger partial charge >= 0.3 is 0 Å². The van der Waals surface area contributed by atoms with E-state index in [0.29, 0.717) is 25.2 Å². The lowest BCUT2D eigenvalue weighted by atomic mass is 10.1. The summed E-state index contributed by atoms with van der Waals surface area (Å²) in [6, 6.07) is 15.6. The number of aromatic nitrogens is 4. The lowest BCUT2D eigenvalue weighted by Crippen LogP contribution is -2.35. The van der Waals surface area contributed by atoms with E-state index in [9.17, 15) is 9.59 Å². The first kappa shape index (κ1) is 21.2. The van der Waals surface area contributed by atoms with Gasteiger partial charge in [0.25, 0.3) is 11.5 Å². The van der Waals surface area contributed by atoms with Gasteiger partial charge in [-0.3, -0.25) is 14.6 Å². The van der Waals surface area contributed by atoms with Gasteiger partial charge in [-0.25, -0.2) is 4.98 Å². The Morgan fingerprint density at radius 1 is 0.938 bits per heavy atom. The second-order valence-corrected chi connectivity index (χ2v) is 7.79. The zero-order valence-corrected chi connectivity index (χ0v) is 18.2. The number of aryl methyl sites for hydroxylation is 1. The monoisotopic (exact) mass is 427 g/mol. The first-order valence-corrected chi connectivity index (χ1v) is 10.4. The lowest BCUT2D eigenvalue weighted by Gasteiger charge is -2.19. The van der Waals surface area contributed by atoms with Crippen LogP contribution in [0.3, 0.4) is 0 Å². The number of carbonyl (C=O) groups excluding carboxylic acids is 1. The minimum atomic E-state index is -0.317. The highest BCUT2D eigenvalue weighted by Crippen LogP contribution is 2.11. The summed E-state index contributed by atoms with van der Waals surface area (Å²) < 4.78 is 3.55. The van der Waals surface area contributed by atoms with E-state index < -0.39 is 0 Å². The molecule has 4 aromatic rings. The summed E-state index contributed by atoms with van der Waals surface area (Å²) in [7, 11) is 1.70. The van der Waals surface area contributed by atoms with Gasteiger partial charge in [-0.15, -0.1) is 0 Å². The minimum Gasteiger partial charge on any atom is -0.334 e. The molecule has 0 N–H and O–H groups in total. The first-order valence-electron chi connectivity index (χ1n) is 10.4. The molecule has 0 aliphatic rings. The van der Waals surface area contributed by atoms with Crippen molar-refractivity contribution >= 4 is 5.91 Å². The van der Waals surface area contributed by atoms with Gasteiger partial charge in [0.05, 0.1) is 13.1 Å². The summed E-state index contributed by atoms with van der Waals surface area (Å²) in [6.45, 7) is 3.11. The molecule has 32 heavy (non-hydrogen) atoms. The third-order valence-electron chi connectivity index (χ3n) is 5.39. The van der Waals surface area contributed by atoms with Gasteiger partial charge in [0.2, 0.25) is 0 Å². The molecule has 1 amide bonds. The summed E-state index contributed by atoms with van der Waals surface area (Å²) in [5.41, 5.74) is 2.58. The molecule has 1 aromatic carbocycles. The van der Waals surface area contributed by atoms with Crippen LogP contribution in [-0.4, -0.2) is 37.0 Å². The molecule has 0 unspecified atom stereocenters. The van der Waals surface area contributed by atoms with Crippen molar-refractivity contribution in [2.75, 3.05) is 7.05 Å². The van der Waals surface area contributed by atoms with Crippen LogP contribution in [0, 0.1) is 6.92 Å². The molecule has 7 nitrogen and oxygen atoms in total. The van der Waals surface area contributed by atoms with Crippen molar-refractivity contribution in [2.24, 2.45) is 0 Å². The van der Waals surface area contributed by atoms with Gasteiger partial charge in [0.15, 0.2) is 0 Å². The molecule has 0 bridgehead atoms. The Bertz CT molecular complexity index is 1260. The summed E-state index contributed by atoms with van der Waals surface area (Å²) in [6.07, 6.45) is 8.74. The molecule has 3 heterocycles. The number of nitrogens with zero attached hydrogens (tertiary/aromatic N) is 5.